The molecule has 0 amide bonds. The summed E-state index contributed by atoms with van der Waals surface area (Å²) in [6.07, 6.45) is -14.6. The fraction of sp³-hybridized carbons (Fsp3) is 0.267. The number of alkyl halides is 9. The number of anilines is 2. The van der Waals surface area contributed by atoms with Gasteiger partial charge < -0.3 is 19.8 Å². The predicted octanol–water partition coefficient (Wildman–Crippen LogP) is 4.96. The lowest BCUT2D eigenvalue weighted by molar-refractivity contribution is -0.274. The molecule has 0 bridgehead atoms. The fourth-order valence-corrected chi connectivity index (χ4v) is 2.16. The van der Waals surface area contributed by atoms with Gasteiger partial charge in [0.1, 0.15) is 5.75 Å². The molecule has 0 spiro atoms. The molecule has 2 N–H and O–H groups in total. The molecule has 7 nitrogen and oxygen atoms in total. The van der Waals surface area contributed by atoms with Crippen molar-refractivity contribution in [1.29, 1.82) is 0 Å². The molecule has 0 aliphatic rings. The summed E-state index contributed by atoms with van der Waals surface area (Å²) in [5.41, 5.74) is -1.19. The topological polar surface area (TPSA) is 85.0 Å². The highest BCUT2D eigenvalue weighted by Crippen LogP contribution is 2.32. The molecule has 0 saturated heterocycles. The van der Waals surface area contributed by atoms with E-state index < -0.39 is 59.9 Å². The minimum Gasteiger partial charge on any atom is -0.465 e. The lowest BCUT2D eigenvalue weighted by Gasteiger charge is -2.13. The lowest BCUT2D eigenvalue weighted by Crippen LogP contribution is -2.20. The van der Waals surface area contributed by atoms with Crippen LogP contribution in [0.4, 0.5) is 51.0 Å². The third-order valence-corrected chi connectivity index (χ3v) is 3.29. The van der Waals surface area contributed by atoms with Gasteiger partial charge in [-0.2, -0.15) is 31.3 Å². The van der Waals surface area contributed by atoms with Crippen LogP contribution in [0.25, 0.3) is 11.3 Å². The summed E-state index contributed by atoms with van der Waals surface area (Å²) in [6.45, 7) is -1.83. The average molecular weight is 461 g/mol. The van der Waals surface area contributed by atoms with Crippen LogP contribution in [0, 0.1) is 0 Å². The molecule has 2 aromatic heterocycles. The predicted molar refractivity (Wildman–Crippen MR) is 84.6 cm³/mol. The van der Waals surface area contributed by atoms with Crippen molar-refractivity contribution in [3.05, 3.63) is 30.1 Å². The van der Waals surface area contributed by atoms with Crippen LogP contribution < -0.4 is 14.8 Å². The molecule has 0 radical (unpaired) electrons. The van der Waals surface area contributed by atoms with E-state index in [0.29, 0.717) is 0 Å². The average Bonchev–Trinajstić information content (AvgIpc) is 3.03. The maximum atomic E-state index is 12.8. The number of nitrogens with one attached hydrogen (secondary N) is 2. The summed E-state index contributed by atoms with van der Waals surface area (Å²) in [7, 11) is 0. The van der Waals surface area contributed by atoms with E-state index in [0.717, 1.165) is 24.3 Å². The molecule has 31 heavy (non-hydrogen) atoms. The van der Waals surface area contributed by atoms with Gasteiger partial charge in [-0.25, -0.2) is 9.97 Å². The summed E-state index contributed by atoms with van der Waals surface area (Å²) in [5.74, 6) is -3.45. The van der Waals surface area contributed by atoms with Gasteiger partial charge in [-0.05, 0) is 24.3 Å². The van der Waals surface area contributed by atoms with Crippen molar-refractivity contribution in [2.45, 2.75) is 18.7 Å². The highest BCUT2D eigenvalue weighted by atomic mass is 19.4. The van der Waals surface area contributed by atoms with Gasteiger partial charge in [0.25, 0.3) is 5.88 Å². The second-order valence-corrected chi connectivity index (χ2v) is 5.73. The summed E-state index contributed by atoms with van der Waals surface area (Å²) in [6, 6.07) is 3.86. The Morgan fingerprint density at radius 1 is 0.871 bits per heavy atom. The summed E-state index contributed by atoms with van der Waals surface area (Å²) >= 11 is 0. The van der Waals surface area contributed by atoms with E-state index in [9.17, 15) is 39.5 Å². The zero-order valence-corrected chi connectivity index (χ0v) is 14.6. The molecule has 1 aromatic carbocycles. The van der Waals surface area contributed by atoms with Gasteiger partial charge in [-0.3, -0.25) is 0 Å². The van der Waals surface area contributed by atoms with E-state index in [4.69, 9.17) is 0 Å². The summed E-state index contributed by atoms with van der Waals surface area (Å²) < 4.78 is 121. The fourth-order valence-electron chi connectivity index (χ4n) is 2.16. The molecule has 3 aromatic rings. The van der Waals surface area contributed by atoms with Gasteiger partial charge >= 0.3 is 18.7 Å². The van der Waals surface area contributed by atoms with Gasteiger partial charge in [0.15, 0.2) is 23.7 Å². The van der Waals surface area contributed by atoms with E-state index in [1.165, 1.54) is 0 Å². The first kappa shape index (κ1) is 22.2. The molecule has 0 unspecified atom stereocenters. The highest BCUT2D eigenvalue weighted by Gasteiger charge is 2.36. The van der Waals surface area contributed by atoms with E-state index in [-0.39, 0.29) is 5.69 Å². The largest absolute Gasteiger partial charge is 0.573 e. The SMILES string of the molecule is FC(F)(F)COc1nc2[nH]c(C(F)(F)F)nc2nc1Nc1ccc(OC(F)(F)F)cc1. The van der Waals surface area contributed by atoms with Gasteiger partial charge in [0, 0.05) is 5.69 Å². The van der Waals surface area contributed by atoms with Crippen molar-refractivity contribution in [3.63, 3.8) is 0 Å². The molecule has 0 aliphatic carbocycles. The lowest BCUT2D eigenvalue weighted by atomic mass is 10.3. The van der Waals surface area contributed by atoms with Crippen LogP contribution in [0.5, 0.6) is 11.6 Å². The minimum absolute atomic E-state index is 0.00777. The number of hydrogen-bond donors (Lipinski definition) is 2. The van der Waals surface area contributed by atoms with Crippen molar-refractivity contribution >= 4 is 22.8 Å². The Labute approximate surface area is 165 Å². The quantitative estimate of drug-likeness (QED) is 0.523. The van der Waals surface area contributed by atoms with Gasteiger partial charge in [-0.1, -0.05) is 0 Å². The normalized spacial score (nSPS) is 12.8. The molecule has 3 rings (SSSR count). The maximum Gasteiger partial charge on any atom is 0.573 e. The third kappa shape index (κ3) is 6.02. The number of aromatic amines is 1. The Kier molecular flexibility index (Phi) is 5.49. The van der Waals surface area contributed by atoms with Crippen LogP contribution in [0.2, 0.25) is 0 Å². The number of fused-ring (bicyclic) bond motifs is 1. The Morgan fingerprint density at radius 3 is 2.06 bits per heavy atom. The minimum atomic E-state index is -4.94. The Hall–Kier alpha value is -3.46. The van der Waals surface area contributed by atoms with Crippen LogP contribution in [0.15, 0.2) is 24.3 Å². The molecular weight excluding hydrogens is 453 g/mol. The van der Waals surface area contributed by atoms with Gasteiger partial charge in [0.05, 0.1) is 0 Å². The number of ether oxygens (including phenoxy) is 2. The first-order valence-electron chi connectivity index (χ1n) is 7.87. The van der Waals surface area contributed by atoms with Crippen LogP contribution in [0.1, 0.15) is 5.82 Å². The highest BCUT2D eigenvalue weighted by molar-refractivity contribution is 5.73. The molecule has 0 atom stereocenters. The van der Waals surface area contributed by atoms with Crippen molar-refractivity contribution < 1.29 is 49.0 Å². The van der Waals surface area contributed by atoms with Gasteiger partial charge in [-0.15, -0.1) is 13.2 Å². The monoisotopic (exact) mass is 461 g/mol. The number of halogens is 9. The zero-order chi connectivity index (χ0) is 23.0. The van der Waals surface area contributed by atoms with Crippen molar-refractivity contribution in [2.75, 3.05) is 11.9 Å². The maximum absolute atomic E-state index is 12.8. The third-order valence-electron chi connectivity index (χ3n) is 3.29. The molecular formula is C15H8F9N5O2. The van der Waals surface area contributed by atoms with Crippen LogP contribution in [0.3, 0.4) is 0 Å². The first-order chi connectivity index (χ1) is 14.2. The van der Waals surface area contributed by atoms with Crippen molar-refractivity contribution in [1.82, 2.24) is 19.9 Å². The van der Waals surface area contributed by atoms with Crippen LogP contribution in [-0.4, -0.2) is 39.1 Å². The van der Waals surface area contributed by atoms with E-state index in [2.05, 4.69) is 29.7 Å². The molecule has 0 saturated carbocycles. The summed E-state index contributed by atoms with van der Waals surface area (Å²) in [4.78, 5) is 12.1. The molecule has 168 valence electrons. The zero-order valence-electron chi connectivity index (χ0n) is 14.6. The number of H-pyrrole nitrogens is 1. The summed E-state index contributed by atoms with van der Waals surface area (Å²) in [5, 5.41) is 2.40. The van der Waals surface area contributed by atoms with E-state index in [1.807, 2.05) is 0 Å². The van der Waals surface area contributed by atoms with Crippen LogP contribution >= 0.6 is 0 Å². The number of rotatable bonds is 5. The Balaban J connectivity index is 1.94. The Bertz CT molecular complexity index is 1060. The molecule has 0 fully saturated rings. The molecule has 0 aliphatic heterocycles. The number of hydrogen-bond acceptors (Lipinski definition) is 6. The number of benzene rings is 1. The number of nitrogens with zero attached hydrogens (tertiary/aromatic N) is 3. The first-order valence-corrected chi connectivity index (χ1v) is 7.87. The standard InChI is InChI=1S/C15H8F9N5O2/c16-13(17,18)5-30-11-10(25-6-1-3-7(4-2-6)31-15(22,23)24)26-8-9(27-11)29-12(28-8)14(19,20)21/h1-4H,5H2,(H2,25,26,27,28,29). The van der Waals surface area contributed by atoms with Crippen molar-refractivity contribution in [3.8, 4) is 11.6 Å². The molecule has 2 heterocycles. The molecule has 16 heteroatoms. The van der Waals surface area contributed by atoms with E-state index in [1.54, 1.807) is 4.98 Å². The Morgan fingerprint density at radius 2 is 1.52 bits per heavy atom. The van der Waals surface area contributed by atoms with Crippen LogP contribution in [-0.2, 0) is 6.18 Å². The van der Waals surface area contributed by atoms with E-state index >= 15 is 0 Å². The van der Waals surface area contributed by atoms with Gasteiger partial charge in [0.2, 0.25) is 5.82 Å². The number of aromatic nitrogens is 4. The number of imidazole rings is 1. The second kappa shape index (κ2) is 7.66. The second-order valence-electron chi connectivity index (χ2n) is 5.73. The smallest absolute Gasteiger partial charge is 0.465 e. The van der Waals surface area contributed by atoms with Crippen molar-refractivity contribution in [2.24, 2.45) is 0 Å².